The molecule has 0 aliphatic heterocycles. The second-order valence-corrected chi connectivity index (χ2v) is 3.32. The van der Waals surface area contributed by atoms with Crippen molar-refractivity contribution in [2.24, 2.45) is 5.73 Å². The summed E-state index contributed by atoms with van der Waals surface area (Å²) in [5.41, 5.74) is 5.50. The third-order valence-corrected chi connectivity index (χ3v) is 1.84. The predicted molar refractivity (Wildman–Crippen MR) is 47.9 cm³/mol. The first kappa shape index (κ1) is 9.19. The van der Waals surface area contributed by atoms with Crippen molar-refractivity contribution in [3.8, 4) is 0 Å². The molecule has 1 heterocycles. The molecule has 0 saturated heterocycles. The molecule has 0 bridgehead atoms. The predicted octanol–water partition coefficient (Wildman–Crippen LogP) is 0.921. The molecule has 0 saturated carbocycles. The molecule has 4 nitrogen and oxygen atoms in total. The van der Waals surface area contributed by atoms with Crippen LogP contribution in [-0.4, -0.2) is 21.3 Å². The number of aromatic nitrogens is 3. The molecule has 0 radical (unpaired) electrons. The van der Waals surface area contributed by atoms with Crippen molar-refractivity contribution < 1.29 is 0 Å². The average Bonchev–Trinajstić information content (AvgIpc) is 2.51. The third-order valence-electron chi connectivity index (χ3n) is 1.84. The summed E-state index contributed by atoms with van der Waals surface area (Å²) in [6.45, 7) is 6.78. The SMILES string of the molecule is CC(C)c1ncn(C(C)CN)n1. The van der Waals surface area contributed by atoms with Gasteiger partial charge in [0.2, 0.25) is 0 Å². The largest absolute Gasteiger partial charge is 0.328 e. The minimum Gasteiger partial charge on any atom is -0.328 e. The zero-order valence-corrected chi connectivity index (χ0v) is 7.86. The second-order valence-electron chi connectivity index (χ2n) is 3.32. The van der Waals surface area contributed by atoms with Crippen molar-refractivity contribution in [2.45, 2.75) is 32.7 Å². The molecule has 1 atom stereocenters. The van der Waals surface area contributed by atoms with Gasteiger partial charge in [0.15, 0.2) is 5.82 Å². The first-order chi connectivity index (χ1) is 5.65. The quantitative estimate of drug-likeness (QED) is 0.730. The smallest absolute Gasteiger partial charge is 0.153 e. The number of nitrogens with two attached hydrogens (primary N) is 1. The Morgan fingerprint density at radius 1 is 1.50 bits per heavy atom. The molecular weight excluding hydrogens is 152 g/mol. The maximum atomic E-state index is 5.50. The van der Waals surface area contributed by atoms with E-state index in [1.54, 1.807) is 6.33 Å². The van der Waals surface area contributed by atoms with Gasteiger partial charge < -0.3 is 5.73 Å². The molecule has 1 aromatic heterocycles. The van der Waals surface area contributed by atoms with Gasteiger partial charge in [-0.15, -0.1) is 0 Å². The number of rotatable bonds is 3. The van der Waals surface area contributed by atoms with Crippen LogP contribution < -0.4 is 5.73 Å². The number of hydrogen-bond donors (Lipinski definition) is 1. The van der Waals surface area contributed by atoms with Crippen molar-refractivity contribution in [3.05, 3.63) is 12.2 Å². The minimum atomic E-state index is 0.241. The first-order valence-corrected chi connectivity index (χ1v) is 4.26. The monoisotopic (exact) mass is 168 g/mol. The van der Waals surface area contributed by atoms with Crippen LogP contribution in [0.15, 0.2) is 6.33 Å². The summed E-state index contributed by atoms with van der Waals surface area (Å²) in [5, 5.41) is 4.31. The fourth-order valence-corrected chi connectivity index (χ4v) is 0.873. The van der Waals surface area contributed by atoms with Crippen LogP contribution in [0.4, 0.5) is 0 Å². The molecule has 0 spiro atoms. The average molecular weight is 168 g/mol. The van der Waals surface area contributed by atoms with E-state index < -0.39 is 0 Å². The van der Waals surface area contributed by atoms with Gasteiger partial charge in [-0.25, -0.2) is 9.67 Å². The van der Waals surface area contributed by atoms with Gasteiger partial charge in [0.25, 0.3) is 0 Å². The van der Waals surface area contributed by atoms with E-state index in [0.717, 1.165) is 5.82 Å². The topological polar surface area (TPSA) is 56.7 Å². The molecule has 1 aromatic rings. The summed E-state index contributed by atoms with van der Waals surface area (Å²) >= 11 is 0. The highest BCUT2D eigenvalue weighted by Crippen LogP contribution is 2.09. The van der Waals surface area contributed by atoms with Gasteiger partial charge in [0, 0.05) is 12.5 Å². The summed E-state index contributed by atoms with van der Waals surface area (Å²) in [4.78, 5) is 4.18. The van der Waals surface area contributed by atoms with Gasteiger partial charge in [0.1, 0.15) is 6.33 Å². The van der Waals surface area contributed by atoms with E-state index in [0.29, 0.717) is 12.5 Å². The van der Waals surface area contributed by atoms with E-state index in [9.17, 15) is 0 Å². The van der Waals surface area contributed by atoms with Crippen LogP contribution in [0.5, 0.6) is 0 Å². The Balaban J connectivity index is 2.77. The minimum absolute atomic E-state index is 0.241. The Hall–Kier alpha value is -0.900. The fraction of sp³-hybridized carbons (Fsp3) is 0.750. The highest BCUT2D eigenvalue weighted by Gasteiger charge is 2.08. The standard InChI is InChI=1S/C8H16N4/c1-6(2)8-10-5-12(11-8)7(3)4-9/h5-7H,4,9H2,1-3H3. The van der Waals surface area contributed by atoms with E-state index in [-0.39, 0.29) is 6.04 Å². The Morgan fingerprint density at radius 2 is 2.17 bits per heavy atom. The summed E-state index contributed by atoms with van der Waals surface area (Å²) in [5.74, 6) is 1.27. The molecule has 4 heteroatoms. The maximum Gasteiger partial charge on any atom is 0.153 e. The van der Waals surface area contributed by atoms with Gasteiger partial charge >= 0.3 is 0 Å². The summed E-state index contributed by atoms with van der Waals surface area (Å²) in [6.07, 6.45) is 1.74. The number of nitrogens with zero attached hydrogens (tertiary/aromatic N) is 3. The van der Waals surface area contributed by atoms with E-state index in [1.807, 2.05) is 11.6 Å². The summed E-state index contributed by atoms with van der Waals surface area (Å²) < 4.78 is 1.81. The van der Waals surface area contributed by atoms with E-state index >= 15 is 0 Å². The van der Waals surface area contributed by atoms with Gasteiger partial charge in [-0.05, 0) is 6.92 Å². The molecule has 0 amide bonds. The molecule has 0 aliphatic carbocycles. The van der Waals surface area contributed by atoms with Gasteiger partial charge in [0.05, 0.1) is 6.04 Å². The lowest BCUT2D eigenvalue weighted by atomic mass is 10.2. The normalized spacial score (nSPS) is 13.8. The first-order valence-electron chi connectivity index (χ1n) is 4.26. The molecule has 0 fully saturated rings. The zero-order valence-electron chi connectivity index (χ0n) is 7.86. The molecule has 12 heavy (non-hydrogen) atoms. The van der Waals surface area contributed by atoms with E-state index in [2.05, 4.69) is 23.9 Å². The molecule has 2 N–H and O–H groups in total. The second kappa shape index (κ2) is 3.67. The van der Waals surface area contributed by atoms with Crippen molar-refractivity contribution in [2.75, 3.05) is 6.54 Å². The van der Waals surface area contributed by atoms with Crippen molar-refractivity contribution in [1.29, 1.82) is 0 Å². The van der Waals surface area contributed by atoms with Gasteiger partial charge in [-0.2, -0.15) is 5.10 Å². The van der Waals surface area contributed by atoms with E-state index in [4.69, 9.17) is 5.73 Å². The van der Waals surface area contributed by atoms with Crippen molar-refractivity contribution >= 4 is 0 Å². The van der Waals surface area contributed by atoms with E-state index in [1.165, 1.54) is 0 Å². The van der Waals surface area contributed by atoms with Crippen molar-refractivity contribution in [3.63, 3.8) is 0 Å². The van der Waals surface area contributed by atoms with Gasteiger partial charge in [-0.1, -0.05) is 13.8 Å². The third kappa shape index (κ3) is 1.82. The van der Waals surface area contributed by atoms with Crippen LogP contribution in [-0.2, 0) is 0 Å². The summed E-state index contributed by atoms with van der Waals surface area (Å²) in [7, 11) is 0. The van der Waals surface area contributed by atoms with Crippen LogP contribution in [0.3, 0.4) is 0 Å². The highest BCUT2D eigenvalue weighted by molar-refractivity contribution is 4.89. The molecule has 1 unspecified atom stereocenters. The molecule has 0 aliphatic rings. The number of hydrogen-bond acceptors (Lipinski definition) is 3. The Morgan fingerprint density at radius 3 is 2.58 bits per heavy atom. The highest BCUT2D eigenvalue weighted by atomic mass is 15.3. The lowest BCUT2D eigenvalue weighted by Crippen LogP contribution is -2.16. The van der Waals surface area contributed by atoms with Crippen LogP contribution >= 0.6 is 0 Å². The molecule has 68 valence electrons. The Labute approximate surface area is 72.8 Å². The van der Waals surface area contributed by atoms with Crippen LogP contribution in [0.1, 0.15) is 38.6 Å². The van der Waals surface area contributed by atoms with Crippen molar-refractivity contribution in [1.82, 2.24) is 14.8 Å². The molecule has 0 aromatic carbocycles. The fourth-order valence-electron chi connectivity index (χ4n) is 0.873. The lowest BCUT2D eigenvalue weighted by Gasteiger charge is -2.06. The maximum absolute atomic E-state index is 5.50. The van der Waals surface area contributed by atoms with Crippen LogP contribution in [0, 0.1) is 0 Å². The molecule has 1 rings (SSSR count). The summed E-state index contributed by atoms with van der Waals surface area (Å²) in [6, 6.07) is 0.241. The lowest BCUT2D eigenvalue weighted by molar-refractivity contribution is 0.493. The van der Waals surface area contributed by atoms with Crippen LogP contribution in [0.2, 0.25) is 0 Å². The van der Waals surface area contributed by atoms with Gasteiger partial charge in [-0.3, -0.25) is 0 Å². The Bertz CT molecular complexity index is 241. The zero-order chi connectivity index (χ0) is 9.14. The Kier molecular flexibility index (Phi) is 2.81. The molecular formula is C8H16N4. The van der Waals surface area contributed by atoms with Crippen LogP contribution in [0.25, 0.3) is 0 Å².